The van der Waals surface area contributed by atoms with Gasteiger partial charge in [0, 0.05) is 16.7 Å². The van der Waals surface area contributed by atoms with Crippen LogP contribution in [0.3, 0.4) is 0 Å². The van der Waals surface area contributed by atoms with Crippen LogP contribution in [0.5, 0.6) is 11.5 Å². The van der Waals surface area contributed by atoms with Crippen molar-refractivity contribution in [3.05, 3.63) is 57.1 Å². The molecule has 0 fully saturated rings. The molecule has 21 heavy (non-hydrogen) atoms. The fourth-order valence-electron chi connectivity index (χ4n) is 2.01. The molecule has 0 radical (unpaired) electrons. The number of halogens is 2. The summed E-state index contributed by atoms with van der Waals surface area (Å²) < 4.78 is 5.88. The van der Waals surface area contributed by atoms with Crippen molar-refractivity contribution in [2.24, 2.45) is 0 Å². The Morgan fingerprint density at radius 2 is 1.81 bits per heavy atom. The van der Waals surface area contributed by atoms with Gasteiger partial charge in [-0.05, 0) is 48.2 Å². The van der Waals surface area contributed by atoms with Crippen LogP contribution in [0, 0.1) is 6.92 Å². The maximum Gasteiger partial charge on any atom is 0.151 e. The molecule has 0 bridgehead atoms. The minimum atomic E-state index is 0.307. The quantitative estimate of drug-likeness (QED) is 0.642. The normalized spacial score (nSPS) is 10.8. The molecule has 0 aliphatic carbocycles. The van der Waals surface area contributed by atoms with E-state index in [-0.39, 0.29) is 0 Å². The van der Waals surface area contributed by atoms with Gasteiger partial charge in [0.15, 0.2) is 6.29 Å². The molecule has 0 unspecified atom stereocenters. The van der Waals surface area contributed by atoms with Crippen molar-refractivity contribution in [3.63, 3.8) is 0 Å². The van der Waals surface area contributed by atoms with Crippen molar-refractivity contribution in [2.45, 2.75) is 26.7 Å². The summed E-state index contributed by atoms with van der Waals surface area (Å²) in [7, 11) is 0. The fourth-order valence-corrected chi connectivity index (χ4v) is 2.67. The molecule has 0 aliphatic heterocycles. The number of hydrogen-bond donors (Lipinski definition) is 0. The van der Waals surface area contributed by atoms with E-state index in [1.165, 1.54) is 0 Å². The van der Waals surface area contributed by atoms with E-state index in [4.69, 9.17) is 27.9 Å². The first kappa shape index (κ1) is 15.9. The highest BCUT2D eigenvalue weighted by molar-refractivity contribution is 6.33. The second kappa shape index (κ2) is 6.50. The first-order chi connectivity index (χ1) is 9.92. The van der Waals surface area contributed by atoms with E-state index in [0.717, 1.165) is 28.2 Å². The van der Waals surface area contributed by atoms with Crippen LogP contribution in [0.25, 0.3) is 0 Å². The van der Waals surface area contributed by atoms with Gasteiger partial charge < -0.3 is 4.74 Å². The standard InChI is InChI=1S/C17H16Cl2O2/c1-10(2)14-8-17(11(3)6-16(14)19)21-13-5-4-12(9-20)15(18)7-13/h4-10H,1-3H3. The smallest absolute Gasteiger partial charge is 0.151 e. The zero-order valence-corrected chi connectivity index (χ0v) is 13.6. The lowest BCUT2D eigenvalue weighted by Gasteiger charge is -2.14. The van der Waals surface area contributed by atoms with Crippen molar-refractivity contribution < 1.29 is 9.53 Å². The van der Waals surface area contributed by atoms with Gasteiger partial charge >= 0.3 is 0 Å². The molecule has 0 aliphatic rings. The number of aldehydes is 1. The highest BCUT2D eigenvalue weighted by atomic mass is 35.5. The Kier molecular flexibility index (Phi) is 4.92. The molecule has 2 aromatic rings. The molecule has 0 spiro atoms. The average molecular weight is 323 g/mol. The van der Waals surface area contributed by atoms with Gasteiger partial charge in [-0.3, -0.25) is 4.79 Å². The van der Waals surface area contributed by atoms with Crippen molar-refractivity contribution in [3.8, 4) is 11.5 Å². The molecule has 0 aromatic heterocycles. The molecule has 0 heterocycles. The van der Waals surface area contributed by atoms with Gasteiger partial charge in [-0.15, -0.1) is 0 Å². The Balaban J connectivity index is 2.37. The minimum absolute atomic E-state index is 0.307. The summed E-state index contributed by atoms with van der Waals surface area (Å²) in [5, 5.41) is 1.11. The Labute approximate surface area is 134 Å². The molecule has 0 saturated carbocycles. The SMILES string of the molecule is Cc1cc(Cl)c(C(C)C)cc1Oc1ccc(C=O)c(Cl)c1. The molecule has 2 rings (SSSR count). The second-order valence-corrected chi connectivity index (χ2v) is 6.01. The van der Waals surface area contributed by atoms with E-state index in [1.807, 2.05) is 19.1 Å². The summed E-state index contributed by atoms with van der Waals surface area (Å²) in [6.07, 6.45) is 0.719. The predicted molar refractivity (Wildman–Crippen MR) is 87.2 cm³/mol. The molecule has 0 amide bonds. The molecule has 0 N–H and O–H groups in total. The summed E-state index contributed by atoms with van der Waals surface area (Å²) in [6.45, 7) is 6.10. The van der Waals surface area contributed by atoms with E-state index in [0.29, 0.717) is 22.3 Å². The minimum Gasteiger partial charge on any atom is -0.457 e. The second-order valence-electron chi connectivity index (χ2n) is 5.20. The van der Waals surface area contributed by atoms with E-state index >= 15 is 0 Å². The number of hydrogen-bond acceptors (Lipinski definition) is 2. The van der Waals surface area contributed by atoms with Gasteiger partial charge in [-0.25, -0.2) is 0 Å². The van der Waals surface area contributed by atoms with Crippen LogP contribution < -0.4 is 4.74 Å². The van der Waals surface area contributed by atoms with Crippen molar-refractivity contribution in [1.29, 1.82) is 0 Å². The van der Waals surface area contributed by atoms with Crippen molar-refractivity contribution in [1.82, 2.24) is 0 Å². The van der Waals surface area contributed by atoms with Crippen LogP contribution in [-0.2, 0) is 0 Å². The Morgan fingerprint density at radius 1 is 1.10 bits per heavy atom. The third-order valence-corrected chi connectivity index (χ3v) is 3.90. The molecular formula is C17H16Cl2O2. The molecular weight excluding hydrogens is 307 g/mol. The van der Waals surface area contributed by atoms with Crippen molar-refractivity contribution in [2.75, 3.05) is 0 Å². The maximum atomic E-state index is 10.8. The number of aryl methyl sites for hydroxylation is 1. The maximum absolute atomic E-state index is 10.8. The summed E-state index contributed by atoms with van der Waals surface area (Å²) in [6, 6.07) is 8.84. The van der Waals surface area contributed by atoms with Gasteiger partial charge in [-0.2, -0.15) is 0 Å². The van der Waals surface area contributed by atoms with Crippen LogP contribution >= 0.6 is 23.2 Å². The van der Waals surface area contributed by atoms with Gasteiger partial charge in [0.1, 0.15) is 11.5 Å². The Morgan fingerprint density at radius 3 is 2.38 bits per heavy atom. The first-order valence-corrected chi connectivity index (χ1v) is 7.40. The summed E-state index contributed by atoms with van der Waals surface area (Å²) in [4.78, 5) is 10.8. The Bertz CT molecular complexity index is 679. The largest absolute Gasteiger partial charge is 0.457 e. The first-order valence-electron chi connectivity index (χ1n) is 6.65. The molecule has 110 valence electrons. The number of benzene rings is 2. The number of carbonyl (C=O) groups excluding carboxylic acids is 1. The average Bonchev–Trinajstić information content (AvgIpc) is 2.41. The molecule has 0 atom stereocenters. The van der Waals surface area contributed by atoms with Gasteiger partial charge in [0.25, 0.3) is 0 Å². The number of ether oxygens (including phenoxy) is 1. The van der Waals surface area contributed by atoms with E-state index in [2.05, 4.69) is 13.8 Å². The number of rotatable bonds is 4. The van der Waals surface area contributed by atoms with Crippen LogP contribution in [-0.4, -0.2) is 6.29 Å². The fraction of sp³-hybridized carbons (Fsp3) is 0.235. The zero-order valence-electron chi connectivity index (χ0n) is 12.1. The zero-order chi connectivity index (χ0) is 15.6. The lowest BCUT2D eigenvalue weighted by molar-refractivity contribution is 0.112. The lowest BCUT2D eigenvalue weighted by atomic mass is 10.0. The van der Waals surface area contributed by atoms with Crippen LogP contribution in [0.4, 0.5) is 0 Å². The lowest BCUT2D eigenvalue weighted by Crippen LogP contribution is -1.94. The third kappa shape index (κ3) is 3.58. The van der Waals surface area contributed by atoms with Gasteiger partial charge in [-0.1, -0.05) is 37.0 Å². The topological polar surface area (TPSA) is 26.3 Å². The van der Waals surface area contributed by atoms with E-state index in [9.17, 15) is 4.79 Å². The van der Waals surface area contributed by atoms with Crippen LogP contribution in [0.15, 0.2) is 30.3 Å². The highest BCUT2D eigenvalue weighted by Gasteiger charge is 2.11. The van der Waals surface area contributed by atoms with Crippen LogP contribution in [0.2, 0.25) is 10.0 Å². The molecule has 2 aromatic carbocycles. The molecule has 4 heteroatoms. The van der Waals surface area contributed by atoms with Crippen molar-refractivity contribution >= 4 is 29.5 Å². The predicted octanol–water partition coefficient (Wildman–Crippen LogP) is 6.03. The molecule has 0 saturated heterocycles. The Hall–Kier alpha value is -1.51. The van der Waals surface area contributed by atoms with Gasteiger partial charge in [0.05, 0.1) is 5.02 Å². The monoisotopic (exact) mass is 322 g/mol. The van der Waals surface area contributed by atoms with E-state index < -0.39 is 0 Å². The highest BCUT2D eigenvalue weighted by Crippen LogP contribution is 2.34. The summed E-state index contributed by atoms with van der Waals surface area (Å²) in [5.41, 5.74) is 2.42. The van der Waals surface area contributed by atoms with Crippen LogP contribution in [0.1, 0.15) is 41.3 Å². The summed E-state index contributed by atoms with van der Waals surface area (Å²) in [5.74, 6) is 1.63. The molecule has 2 nitrogen and oxygen atoms in total. The summed E-state index contributed by atoms with van der Waals surface area (Å²) >= 11 is 12.3. The van der Waals surface area contributed by atoms with E-state index in [1.54, 1.807) is 18.2 Å². The van der Waals surface area contributed by atoms with Gasteiger partial charge in [0.2, 0.25) is 0 Å². The number of carbonyl (C=O) groups is 1. The third-order valence-electron chi connectivity index (χ3n) is 3.24.